The highest BCUT2D eigenvalue weighted by Crippen LogP contribution is 2.26. The van der Waals surface area contributed by atoms with Crippen molar-refractivity contribution in [3.63, 3.8) is 0 Å². The highest BCUT2D eigenvalue weighted by molar-refractivity contribution is 5.92. The average Bonchev–Trinajstić information content (AvgIpc) is 3.35. The molecule has 41 heavy (non-hydrogen) atoms. The van der Waals surface area contributed by atoms with Crippen molar-refractivity contribution < 1.29 is 24.6 Å². The zero-order chi connectivity index (χ0) is 29.3. The summed E-state index contributed by atoms with van der Waals surface area (Å²) >= 11 is 0. The molecular weight excluding hydrogens is 522 g/mol. The van der Waals surface area contributed by atoms with Gasteiger partial charge in [0.15, 0.2) is 0 Å². The Bertz CT molecular complexity index is 1570. The first-order chi connectivity index (χ1) is 19.6. The Labute approximate surface area is 237 Å². The fourth-order valence-electron chi connectivity index (χ4n) is 5.57. The van der Waals surface area contributed by atoms with Crippen LogP contribution in [0.2, 0.25) is 0 Å². The highest BCUT2D eigenvalue weighted by atomic mass is 16.4. The normalized spacial score (nSPS) is 16.2. The summed E-state index contributed by atoms with van der Waals surface area (Å²) in [6, 6.07) is 15.0. The van der Waals surface area contributed by atoms with Crippen molar-refractivity contribution in [1.29, 1.82) is 0 Å². The number of nitrogens with zero attached hydrogens (tertiary/aromatic N) is 2. The van der Waals surface area contributed by atoms with Crippen molar-refractivity contribution >= 4 is 28.8 Å². The van der Waals surface area contributed by atoms with Crippen molar-refractivity contribution in [1.82, 2.24) is 20.2 Å². The monoisotopic (exact) mass is 555 g/mol. The summed E-state index contributed by atoms with van der Waals surface area (Å²) in [7, 11) is 0. The molecule has 5 rings (SSSR count). The Morgan fingerprint density at radius 2 is 1.71 bits per heavy atom. The van der Waals surface area contributed by atoms with E-state index < -0.39 is 35.9 Å². The maximum atomic E-state index is 13.8. The van der Waals surface area contributed by atoms with Gasteiger partial charge in [-0.2, -0.15) is 0 Å². The minimum Gasteiger partial charge on any atom is -0.508 e. The Morgan fingerprint density at radius 1 is 1.05 bits per heavy atom. The molecule has 0 unspecified atom stereocenters. The highest BCUT2D eigenvalue weighted by Gasteiger charge is 2.38. The van der Waals surface area contributed by atoms with E-state index in [1.54, 1.807) is 12.1 Å². The van der Waals surface area contributed by atoms with Crippen LogP contribution in [0.25, 0.3) is 11.0 Å². The zero-order valence-corrected chi connectivity index (χ0v) is 22.9. The number of para-hydroxylation sites is 2. The van der Waals surface area contributed by atoms with Gasteiger partial charge in [0, 0.05) is 19.4 Å². The number of hydrogen-bond acceptors (Lipinski definition) is 6. The maximum Gasteiger partial charge on any atom is 0.326 e. The number of aromatic hydroxyl groups is 1. The molecule has 3 aromatic carbocycles. The van der Waals surface area contributed by atoms with Crippen LogP contribution in [-0.2, 0) is 40.2 Å². The summed E-state index contributed by atoms with van der Waals surface area (Å²) < 4.78 is 0. The number of aryl methyl sites for hydroxylation is 2. The molecule has 0 spiro atoms. The van der Waals surface area contributed by atoms with Crippen LogP contribution in [0.5, 0.6) is 5.75 Å². The second kappa shape index (κ2) is 11.4. The quantitative estimate of drug-likeness (QED) is 0.223. The number of carboxylic acid groups (broad SMARTS) is 1. The molecule has 10 nitrogen and oxygen atoms in total. The summed E-state index contributed by atoms with van der Waals surface area (Å²) in [5.74, 6) is -1.61. The molecule has 0 bridgehead atoms. The molecule has 2 amide bonds. The fourth-order valence-corrected chi connectivity index (χ4v) is 5.57. The zero-order valence-electron chi connectivity index (χ0n) is 22.9. The number of fused-ring (bicyclic) bond motifs is 2. The molecule has 10 heteroatoms. The molecule has 1 aromatic heterocycles. The first-order valence-corrected chi connectivity index (χ1v) is 13.5. The first-order valence-electron chi connectivity index (χ1n) is 13.5. The molecule has 0 saturated heterocycles. The number of phenols is 1. The number of hydrogen-bond donors (Lipinski definition) is 5. The molecule has 6 N–H and O–H groups in total. The van der Waals surface area contributed by atoms with Gasteiger partial charge in [0.25, 0.3) is 0 Å². The van der Waals surface area contributed by atoms with Gasteiger partial charge in [-0.15, -0.1) is 0 Å². The molecule has 212 valence electrons. The van der Waals surface area contributed by atoms with Gasteiger partial charge >= 0.3 is 5.97 Å². The predicted molar refractivity (Wildman–Crippen MR) is 153 cm³/mol. The Hall–Kier alpha value is -4.70. The van der Waals surface area contributed by atoms with Gasteiger partial charge in [-0.05, 0) is 72.4 Å². The van der Waals surface area contributed by atoms with Gasteiger partial charge in [0.1, 0.15) is 23.7 Å². The molecule has 1 aliphatic rings. The number of H-pyrrole nitrogens is 1. The van der Waals surface area contributed by atoms with Gasteiger partial charge < -0.3 is 31.1 Å². The lowest BCUT2D eigenvalue weighted by molar-refractivity contribution is -0.146. The maximum absolute atomic E-state index is 13.8. The lowest BCUT2D eigenvalue weighted by Gasteiger charge is -2.38. The molecule has 0 aliphatic carbocycles. The van der Waals surface area contributed by atoms with E-state index in [1.165, 1.54) is 4.90 Å². The molecular formula is C31H33N5O5. The fraction of sp³-hybridized carbons (Fsp3) is 0.290. The van der Waals surface area contributed by atoms with Crippen LogP contribution in [-0.4, -0.2) is 61.0 Å². The summed E-state index contributed by atoms with van der Waals surface area (Å²) in [4.78, 5) is 48.6. The van der Waals surface area contributed by atoms with Crippen molar-refractivity contribution in [2.75, 3.05) is 0 Å². The van der Waals surface area contributed by atoms with E-state index in [2.05, 4.69) is 15.3 Å². The molecule has 3 atom stereocenters. The number of phenolic OH excluding ortho intramolecular Hbond substituents is 1. The van der Waals surface area contributed by atoms with Gasteiger partial charge in [-0.1, -0.05) is 36.4 Å². The van der Waals surface area contributed by atoms with E-state index >= 15 is 0 Å². The number of carbonyl (C=O) groups is 3. The van der Waals surface area contributed by atoms with Crippen LogP contribution < -0.4 is 11.1 Å². The van der Waals surface area contributed by atoms with Crippen molar-refractivity contribution in [2.45, 2.75) is 57.8 Å². The number of nitrogens with one attached hydrogen (secondary N) is 2. The third-order valence-corrected chi connectivity index (χ3v) is 7.71. The van der Waals surface area contributed by atoms with Gasteiger partial charge in [0.05, 0.1) is 17.1 Å². The van der Waals surface area contributed by atoms with Crippen LogP contribution in [0, 0.1) is 13.8 Å². The van der Waals surface area contributed by atoms with Crippen LogP contribution in [0.15, 0.2) is 60.7 Å². The summed E-state index contributed by atoms with van der Waals surface area (Å²) in [6.45, 7) is 3.87. The number of benzene rings is 3. The molecule has 1 aliphatic heterocycles. The second-order valence-electron chi connectivity index (χ2n) is 10.6. The number of aromatic amines is 1. The Morgan fingerprint density at radius 3 is 2.39 bits per heavy atom. The number of imidazole rings is 1. The van der Waals surface area contributed by atoms with Crippen molar-refractivity contribution in [3.8, 4) is 5.75 Å². The minimum absolute atomic E-state index is 0.0497. The minimum atomic E-state index is -1.26. The standard InChI is InChI=1S/C31H33N5O5/c1-17-11-21(37)12-18(2)22(17)14-23(32)30(39)36-16-20-8-4-3-7-19(20)13-27(36)29(38)35-26(31(40)41)15-28-33-24-9-5-6-10-25(24)34-28/h3-12,23,26-27,37H,13-16,32H2,1-2H3,(H,33,34)(H,35,38)(H,40,41)/t23-,26-,27-/m0/s1. The Kier molecular flexibility index (Phi) is 7.76. The smallest absolute Gasteiger partial charge is 0.326 e. The van der Waals surface area contributed by atoms with E-state index in [9.17, 15) is 24.6 Å². The lowest BCUT2D eigenvalue weighted by Crippen LogP contribution is -2.58. The van der Waals surface area contributed by atoms with E-state index in [1.807, 2.05) is 62.4 Å². The van der Waals surface area contributed by atoms with Crippen molar-refractivity contribution in [3.05, 3.63) is 94.3 Å². The third kappa shape index (κ3) is 5.92. The largest absolute Gasteiger partial charge is 0.508 e. The van der Waals surface area contributed by atoms with Crippen LogP contribution in [0.3, 0.4) is 0 Å². The Balaban J connectivity index is 1.38. The van der Waals surface area contributed by atoms with E-state index in [4.69, 9.17) is 5.73 Å². The SMILES string of the molecule is Cc1cc(O)cc(C)c1C[C@H](N)C(=O)N1Cc2ccccc2C[C@H]1C(=O)N[C@@H](Cc1nc2ccccc2[nH]1)C(=O)O. The number of carbonyl (C=O) groups excluding carboxylic acids is 2. The van der Waals surface area contributed by atoms with Crippen LogP contribution >= 0.6 is 0 Å². The van der Waals surface area contributed by atoms with Gasteiger partial charge in [-0.25, -0.2) is 9.78 Å². The molecule has 4 aromatic rings. The number of carboxylic acids is 1. The van der Waals surface area contributed by atoms with E-state index in [-0.39, 0.29) is 31.6 Å². The average molecular weight is 556 g/mol. The lowest BCUT2D eigenvalue weighted by atomic mass is 9.91. The van der Waals surface area contributed by atoms with E-state index in [0.29, 0.717) is 11.3 Å². The topological polar surface area (TPSA) is 162 Å². The third-order valence-electron chi connectivity index (χ3n) is 7.71. The predicted octanol–water partition coefficient (Wildman–Crippen LogP) is 2.52. The first kappa shape index (κ1) is 27.9. The second-order valence-corrected chi connectivity index (χ2v) is 10.6. The number of aromatic nitrogens is 2. The molecule has 0 radical (unpaired) electrons. The number of aliphatic carboxylic acids is 1. The van der Waals surface area contributed by atoms with Crippen molar-refractivity contribution in [2.24, 2.45) is 5.73 Å². The molecule has 0 saturated carbocycles. The van der Waals surface area contributed by atoms with Gasteiger partial charge in [-0.3, -0.25) is 9.59 Å². The number of amides is 2. The molecule has 0 fully saturated rings. The van der Waals surface area contributed by atoms with Crippen LogP contribution in [0.1, 0.15) is 33.6 Å². The van der Waals surface area contributed by atoms with Gasteiger partial charge in [0.2, 0.25) is 11.8 Å². The number of nitrogens with two attached hydrogens (primary N) is 1. The molecule has 2 heterocycles. The van der Waals surface area contributed by atoms with Crippen LogP contribution in [0.4, 0.5) is 0 Å². The summed E-state index contributed by atoms with van der Waals surface area (Å²) in [6.07, 6.45) is 0.410. The summed E-state index contributed by atoms with van der Waals surface area (Å²) in [5.41, 5.74) is 12.2. The summed E-state index contributed by atoms with van der Waals surface area (Å²) in [5, 5.41) is 22.5. The van der Waals surface area contributed by atoms with E-state index in [0.717, 1.165) is 33.3 Å². The number of rotatable bonds is 8.